The number of hydrogen-bond donors (Lipinski definition) is 1. The van der Waals surface area contributed by atoms with Crippen LogP contribution in [0.5, 0.6) is 0 Å². The summed E-state index contributed by atoms with van der Waals surface area (Å²) in [7, 11) is 1.66. The van der Waals surface area contributed by atoms with Gasteiger partial charge in [-0.05, 0) is 51.0 Å². The summed E-state index contributed by atoms with van der Waals surface area (Å²) in [6, 6.07) is 10.2. The molecule has 1 aromatic carbocycles. The maximum atomic E-state index is 12.4. The first-order chi connectivity index (χ1) is 15.1. The Morgan fingerprint density at radius 1 is 1.31 bits per heavy atom. The number of ether oxygens (including phenoxy) is 2. The average Bonchev–Trinajstić information content (AvgIpc) is 3.28. The molecule has 170 valence electrons. The highest BCUT2D eigenvalue weighted by atomic mass is 16.6. The van der Waals surface area contributed by atoms with Crippen LogP contribution in [-0.2, 0) is 16.1 Å². The molecule has 0 atom stereocenters. The van der Waals surface area contributed by atoms with Gasteiger partial charge in [-0.3, -0.25) is 0 Å². The monoisotopic (exact) mass is 437 g/mol. The minimum Gasteiger partial charge on any atom is -0.444 e. The standard InChI is InChI=1S/C24H31N5O3/c1-23(2,3)32-22(30)28-10-9-24(15-28)11-18(12-24)29-21(26)19(13-25)20(27-29)17-7-5-16(6-8-17)14-31-4/h5-8,18H,9-12,14-15,26H2,1-4H3/t18-,24+. The first kappa shape index (κ1) is 22.2. The van der Waals surface area contributed by atoms with Crippen molar-refractivity contribution in [2.24, 2.45) is 5.41 Å². The van der Waals surface area contributed by atoms with Crippen LogP contribution in [0.15, 0.2) is 24.3 Å². The van der Waals surface area contributed by atoms with Gasteiger partial charge in [0, 0.05) is 25.8 Å². The van der Waals surface area contributed by atoms with Gasteiger partial charge in [-0.1, -0.05) is 24.3 Å². The Hall–Kier alpha value is -3.05. The normalized spacial score (nSPS) is 22.6. The summed E-state index contributed by atoms with van der Waals surface area (Å²) in [6.07, 6.45) is 2.47. The van der Waals surface area contributed by atoms with Crippen molar-refractivity contribution >= 4 is 11.9 Å². The van der Waals surface area contributed by atoms with Gasteiger partial charge in [-0.15, -0.1) is 0 Å². The molecule has 0 unspecified atom stereocenters. The fourth-order valence-electron chi connectivity index (χ4n) is 4.83. The molecule has 0 bridgehead atoms. The number of carbonyl (C=O) groups excluding carboxylic acids is 1. The Kier molecular flexibility index (Phi) is 5.63. The van der Waals surface area contributed by atoms with Gasteiger partial charge in [0.1, 0.15) is 28.7 Å². The Morgan fingerprint density at radius 2 is 2.00 bits per heavy atom. The summed E-state index contributed by atoms with van der Waals surface area (Å²) in [4.78, 5) is 14.2. The molecule has 2 heterocycles. The van der Waals surface area contributed by atoms with Crippen molar-refractivity contribution < 1.29 is 14.3 Å². The Morgan fingerprint density at radius 3 is 2.59 bits per heavy atom. The molecule has 1 aliphatic carbocycles. The lowest BCUT2D eigenvalue weighted by Crippen LogP contribution is -2.43. The molecular formula is C24H31N5O3. The minimum atomic E-state index is -0.496. The van der Waals surface area contributed by atoms with E-state index < -0.39 is 5.60 Å². The van der Waals surface area contributed by atoms with Gasteiger partial charge in [0.15, 0.2) is 0 Å². The quantitative estimate of drug-likeness (QED) is 0.771. The fourth-order valence-corrected chi connectivity index (χ4v) is 4.83. The predicted octanol–water partition coefficient (Wildman–Crippen LogP) is 4.11. The van der Waals surface area contributed by atoms with Crippen molar-refractivity contribution in [1.29, 1.82) is 5.26 Å². The van der Waals surface area contributed by atoms with Gasteiger partial charge < -0.3 is 20.1 Å². The smallest absolute Gasteiger partial charge is 0.410 e. The minimum absolute atomic E-state index is 0.0781. The van der Waals surface area contributed by atoms with Gasteiger partial charge in [0.05, 0.1) is 12.6 Å². The van der Waals surface area contributed by atoms with E-state index in [1.54, 1.807) is 11.8 Å². The van der Waals surface area contributed by atoms with Crippen molar-refractivity contribution in [1.82, 2.24) is 14.7 Å². The number of hydrogen-bond acceptors (Lipinski definition) is 6. The highest BCUT2D eigenvalue weighted by molar-refractivity contribution is 5.73. The molecule has 8 heteroatoms. The van der Waals surface area contributed by atoms with Crippen LogP contribution in [-0.4, -0.2) is 46.6 Å². The number of benzene rings is 1. The summed E-state index contributed by atoms with van der Waals surface area (Å²) in [5, 5.41) is 14.5. The zero-order chi connectivity index (χ0) is 23.1. The van der Waals surface area contributed by atoms with E-state index >= 15 is 0 Å². The summed E-state index contributed by atoms with van der Waals surface area (Å²) in [6.45, 7) is 7.58. The van der Waals surface area contributed by atoms with E-state index in [-0.39, 0.29) is 17.6 Å². The molecule has 2 fully saturated rings. The molecule has 1 spiro atoms. The van der Waals surface area contributed by atoms with Crippen molar-refractivity contribution in [3.8, 4) is 17.3 Å². The number of anilines is 1. The Bertz CT molecular complexity index is 1040. The van der Waals surface area contributed by atoms with Crippen LogP contribution in [0.25, 0.3) is 11.3 Å². The maximum absolute atomic E-state index is 12.4. The molecule has 4 rings (SSSR count). The van der Waals surface area contributed by atoms with Gasteiger partial charge in [-0.25, -0.2) is 9.48 Å². The molecule has 32 heavy (non-hydrogen) atoms. The number of nitrogens with two attached hydrogens (primary N) is 1. The topological polar surface area (TPSA) is 106 Å². The number of methoxy groups -OCH3 is 1. The largest absolute Gasteiger partial charge is 0.444 e. The van der Waals surface area contributed by atoms with E-state index in [9.17, 15) is 10.1 Å². The molecule has 1 amide bonds. The number of carbonyl (C=O) groups is 1. The lowest BCUT2D eigenvalue weighted by molar-refractivity contribution is 0.0188. The van der Waals surface area contributed by atoms with Gasteiger partial charge >= 0.3 is 6.09 Å². The van der Waals surface area contributed by atoms with Crippen LogP contribution >= 0.6 is 0 Å². The highest BCUT2D eigenvalue weighted by Crippen LogP contribution is 2.54. The lowest BCUT2D eigenvalue weighted by Gasteiger charge is -2.45. The number of aromatic nitrogens is 2. The number of amides is 1. The molecule has 2 N–H and O–H groups in total. The van der Waals surface area contributed by atoms with E-state index in [0.29, 0.717) is 36.8 Å². The van der Waals surface area contributed by atoms with Crippen molar-refractivity contribution in [3.63, 3.8) is 0 Å². The van der Waals surface area contributed by atoms with E-state index in [0.717, 1.165) is 30.4 Å². The molecule has 8 nitrogen and oxygen atoms in total. The second-order valence-corrected chi connectivity index (χ2v) is 10.0. The highest BCUT2D eigenvalue weighted by Gasteiger charge is 2.51. The molecule has 0 radical (unpaired) electrons. The molecule has 2 aliphatic rings. The molecular weight excluding hydrogens is 406 g/mol. The van der Waals surface area contributed by atoms with Gasteiger partial charge in [-0.2, -0.15) is 10.4 Å². The second-order valence-electron chi connectivity index (χ2n) is 10.0. The SMILES string of the molecule is COCc1ccc(-c2nn([C@H]3C[C@]4(CCN(C(=O)OC(C)(C)C)C4)C3)c(N)c2C#N)cc1. The molecule has 2 aromatic rings. The molecule has 1 aromatic heterocycles. The molecule has 1 aliphatic heterocycles. The number of likely N-dealkylation sites (tertiary alicyclic amines) is 1. The van der Waals surface area contributed by atoms with Gasteiger partial charge in [0.25, 0.3) is 0 Å². The van der Waals surface area contributed by atoms with Crippen LogP contribution in [0.2, 0.25) is 0 Å². The number of rotatable bonds is 4. The first-order valence-corrected chi connectivity index (χ1v) is 11.0. The zero-order valence-electron chi connectivity index (χ0n) is 19.2. The van der Waals surface area contributed by atoms with E-state index in [1.807, 2.05) is 49.9 Å². The zero-order valence-corrected chi connectivity index (χ0v) is 19.2. The summed E-state index contributed by atoms with van der Waals surface area (Å²) < 4.78 is 12.5. The maximum Gasteiger partial charge on any atom is 0.410 e. The van der Waals surface area contributed by atoms with Crippen molar-refractivity contribution in [3.05, 3.63) is 35.4 Å². The third-order valence-electron chi connectivity index (χ3n) is 6.37. The number of nitrogen functional groups attached to an aromatic ring is 1. The van der Waals surface area contributed by atoms with Gasteiger partial charge in [0.2, 0.25) is 0 Å². The Labute approximate surface area is 188 Å². The summed E-state index contributed by atoms with van der Waals surface area (Å²) in [5.74, 6) is 0.408. The first-order valence-electron chi connectivity index (χ1n) is 11.0. The second kappa shape index (κ2) is 8.14. The molecule has 1 saturated heterocycles. The van der Waals surface area contributed by atoms with Crippen LogP contribution in [0.1, 0.15) is 57.2 Å². The van der Waals surface area contributed by atoms with Crippen molar-refractivity contribution in [2.45, 2.75) is 58.3 Å². The van der Waals surface area contributed by atoms with Crippen molar-refractivity contribution in [2.75, 3.05) is 25.9 Å². The van der Waals surface area contributed by atoms with E-state index in [1.165, 1.54) is 0 Å². The van der Waals surface area contributed by atoms with E-state index in [2.05, 4.69) is 6.07 Å². The third kappa shape index (κ3) is 4.17. The average molecular weight is 438 g/mol. The van der Waals surface area contributed by atoms with E-state index in [4.69, 9.17) is 20.3 Å². The van der Waals surface area contributed by atoms with Crippen LogP contribution in [0.4, 0.5) is 10.6 Å². The summed E-state index contributed by atoms with van der Waals surface area (Å²) in [5.41, 5.74) is 8.86. The van der Waals surface area contributed by atoms with Crippen LogP contribution in [0, 0.1) is 16.7 Å². The third-order valence-corrected chi connectivity index (χ3v) is 6.37. The Balaban J connectivity index is 1.47. The summed E-state index contributed by atoms with van der Waals surface area (Å²) >= 11 is 0. The molecule has 1 saturated carbocycles. The predicted molar refractivity (Wildman–Crippen MR) is 121 cm³/mol. The van der Waals surface area contributed by atoms with Crippen LogP contribution in [0.3, 0.4) is 0 Å². The lowest BCUT2D eigenvalue weighted by atomic mass is 9.65. The van der Waals surface area contributed by atoms with Crippen LogP contribution < -0.4 is 5.73 Å². The number of nitrogens with zero attached hydrogens (tertiary/aromatic N) is 4. The fraction of sp³-hybridized carbons (Fsp3) is 0.542. The number of nitriles is 1.